The summed E-state index contributed by atoms with van der Waals surface area (Å²) in [6.45, 7) is 6.83. The molecular formula is C15H30N2O. The summed E-state index contributed by atoms with van der Waals surface area (Å²) in [5.41, 5.74) is 5.22. The van der Waals surface area contributed by atoms with Crippen LogP contribution >= 0.6 is 0 Å². The molecule has 0 radical (unpaired) electrons. The van der Waals surface area contributed by atoms with Gasteiger partial charge in [-0.3, -0.25) is 4.90 Å². The topological polar surface area (TPSA) is 49.5 Å². The Labute approximate surface area is 112 Å². The van der Waals surface area contributed by atoms with E-state index in [4.69, 9.17) is 5.73 Å². The van der Waals surface area contributed by atoms with E-state index < -0.39 is 5.60 Å². The quantitative estimate of drug-likeness (QED) is 0.730. The largest absolute Gasteiger partial charge is 0.387 e. The van der Waals surface area contributed by atoms with Crippen molar-refractivity contribution in [2.24, 2.45) is 17.6 Å². The molecule has 2 saturated carbocycles. The Balaban J connectivity index is 1.98. The molecule has 0 amide bonds. The van der Waals surface area contributed by atoms with E-state index in [1.54, 1.807) is 0 Å². The van der Waals surface area contributed by atoms with Crippen molar-refractivity contribution < 1.29 is 5.11 Å². The van der Waals surface area contributed by atoms with Gasteiger partial charge >= 0.3 is 0 Å². The van der Waals surface area contributed by atoms with Gasteiger partial charge in [0.05, 0.1) is 5.60 Å². The lowest BCUT2D eigenvalue weighted by molar-refractivity contribution is -0.0221. The lowest BCUT2D eigenvalue weighted by Crippen LogP contribution is -2.53. The van der Waals surface area contributed by atoms with Gasteiger partial charge in [-0.05, 0) is 37.5 Å². The molecule has 0 heterocycles. The van der Waals surface area contributed by atoms with Crippen LogP contribution in [0.3, 0.4) is 0 Å². The molecule has 2 aliphatic rings. The van der Waals surface area contributed by atoms with E-state index in [9.17, 15) is 5.11 Å². The molecule has 0 aromatic rings. The standard InChI is InChI=1S/C15H30N2O/c1-12(2)9-17(14-5-3-4-6-14)11-15(18,10-16)13-7-8-13/h12-14,18H,3-11,16H2,1-2H3. The summed E-state index contributed by atoms with van der Waals surface area (Å²) in [6, 6.07) is 0.684. The van der Waals surface area contributed by atoms with E-state index in [2.05, 4.69) is 18.7 Å². The van der Waals surface area contributed by atoms with Crippen LogP contribution in [0.5, 0.6) is 0 Å². The van der Waals surface area contributed by atoms with Gasteiger partial charge < -0.3 is 10.8 Å². The lowest BCUT2D eigenvalue weighted by atomic mass is 9.95. The van der Waals surface area contributed by atoms with E-state index in [-0.39, 0.29) is 0 Å². The van der Waals surface area contributed by atoms with Crippen molar-refractivity contribution >= 4 is 0 Å². The van der Waals surface area contributed by atoms with Gasteiger partial charge in [0.15, 0.2) is 0 Å². The third-order valence-corrected chi connectivity index (χ3v) is 4.61. The molecular weight excluding hydrogens is 224 g/mol. The predicted molar refractivity (Wildman–Crippen MR) is 75.4 cm³/mol. The van der Waals surface area contributed by atoms with E-state index in [1.807, 2.05) is 0 Å². The minimum absolute atomic E-state index is 0.416. The van der Waals surface area contributed by atoms with Crippen molar-refractivity contribution in [3.05, 3.63) is 0 Å². The third kappa shape index (κ3) is 3.46. The van der Waals surface area contributed by atoms with Crippen LogP contribution < -0.4 is 5.73 Å². The second kappa shape index (κ2) is 5.89. The minimum atomic E-state index is -0.627. The zero-order valence-corrected chi connectivity index (χ0v) is 12.1. The maximum absolute atomic E-state index is 10.7. The van der Waals surface area contributed by atoms with Crippen molar-refractivity contribution in [2.75, 3.05) is 19.6 Å². The molecule has 1 atom stereocenters. The highest BCUT2D eigenvalue weighted by molar-refractivity contribution is 4.98. The van der Waals surface area contributed by atoms with Crippen molar-refractivity contribution in [3.63, 3.8) is 0 Å². The SMILES string of the molecule is CC(C)CN(CC(O)(CN)C1CC1)C1CCCC1. The minimum Gasteiger partial charge on any atom is -0.387 e. The van der Waals surface area contributed by atoms with Gasteiger partial charge in [0, 0.05) is 25.7 Å². The first-order chi connectivity index (χ1) is 8.55. The molecule has 0 aromatic heterocycles. The first-order valence-corrected chi connectivity index (χ1v) is 7.71. The van der Waals surface area contributed by atoms with Gasteiger partial charge in [-0.2, -0.15) is 0 Å². The highest BCUT2D eigenvalue weighted by Gasteiger charge is 2.44. The van der Waals surface area contributed by atoms with Crippen LogP contribution in [-0.2, 0) is 0 Å². The van der Waals surface area contributed by atoms with Crippen molar-refractivity contribution in [2.45, 2.75) is 64.0 Å². The van der Waals surface area contributed by atoms with Gasteiger partial charge in [0.1, 0.15) is 0 Å². The molecule has 18 heavy (non-hydrogen) atoms. The van der Waals surface area contributed by atoms with Crippen LogP contribution in [0, 0.1) is 11.8 Å². The zero-order valence-electron chi connectivity index (χ0n) is 12.1. The van der Waals surface area contributed by atoms with Crippen molar-refractivity contribution in [1.29, 1.82) is 0 Å². The van der Waals surface area contributed by atoms with Crippen LogP contribution in [0.4, 0.5) is 0 Å². The number of rotatable bonds is 7. The number of nitrogens with two attached hydrogens (primary N) is 1. The maximum atomic E-state index is 10.7. The Morgan fingerprint density at radius 1 is 1.22 bits per heavy atom. The molecule has 106 valence electrons. The molecule has 0 spiro atoms. The second-order valence-electron chi connectivity index (χ2n) is 6.84. The smallest absolute Gasteiger partial charge is 0.0923 e. The molecule has 0 bridgehead atoms. The average Bonchev–Trinajstić information content (AvgIpc) is 3.04. The van der Waals surface area contributed by atoms with Gasteiger partial charge in [0.25, 0.3) is 0 Å². The molecule has 2 fully saturated rings. The summed E-state index contributed by atoms with van der Waals surface area (Å²) in [6.07, 6.45) is 7.63. The summed E-state index contributed by atoms with van der Waals surface area (Å²) < 4.78 is 0. The summed E-state index contributed by atoms with van der Waals surface area (Å²) in [7, 11) is 0. The normalized spacial score (nSPS) is 25.0. The average molecular weight is 254 g/mol. The fraction of sp³-hybridized carbons (Fsp3) is 1.00. The Bertz CT molecular complexity index is 259. The number of hydrogen-bond donors (Lipinski definition) is 2. The predicted octanol–water partition coefficient (Wildman–Crippen LogP) is 1.99. The number of nitrogens with zero attached hydrogens (tertiary/aromatic N) is 1. The molecule has 0 aliphatic heterocycles. The molecule has 2 rings (SSSR count). The van der Waals surface area contributed by atoms with Crippen LogP contribution in [-0.4, -0.2) is 41.3 Å². The third-order valence-electron chi connectivity index (χ3n) is 4.61. The molecule has 3 nitrogen and oxygen atoms in total. The van der Waals surface area contributed by atoms with Crippen LogP contribution in [0.1, 0.15) is 52.4 Å². The fourth-order valence-corrected chi connectivity index (χ4v) is 3.41. The first kappa shape index (κ1) is 14.3. The maximum Gasteiger partial charge on any atom is 0.0923 e. The summed E-state index contributed by atoms with van der Waals surface area (Å²) >= 11 is 0. The van der Waals surface area contributed by atoms with Gasteiger partial charge in [-0.15, -0.1) is 0 Å². The molecule has 0 saturated heterocycles. The van der Waals surface area contributed by atoms with Crippen LogP contribution in [0.15, 0.2) is 0 Å². The fourth-order valence-electron chi connectivity index (χ4n) is 3.41. The second-order valence-corrected chi connectivity index (χ2v) is 6.84. The van der Waals surface area contributed by atoms with Crippen LogP contribution in [0.25, 0.3) is 0 Å². The number of hydrogen-bond acceptors (Lipinski definition) is 3. The Kier molecular flexibility index (Phi) is 4.68. The Hall–Kier alpha value is -0.120. The van der Waals surface area contributed by atoms with Crippen molar-refractivity contribution in [3.8, 4) is 0 Å². The summed E-state index contributed by atoms with van der Waals surface area (Å²) in [5.74, 6) is 1.12. The summed E-state index contributed by atoms with van der Waals surface area (Å²) in [4.78, 5) is 2.53. The molecule has 3 heteroatoms. The lowest BCUT2D eigenvalue weighted by Gasteiger charge is -2.38. The molecule has 3 N–H and O–H groups in total. The highest BCUT2D eigenvalue weighted by Crippen LogP contribution is 2.40. The van der Waals surface area contributed by atoms with E-state index in [1.165, 1.54) is 25.7 Å². The van der Waals surface area contributed by atoms with E-state index >= 15 is 0 Å². The molecule has 2 aliphatic carbocycles. The Morgan fingerprint density at radius 2 is 1.83 bits per heavy atom. The zero-order chi connectivity index (χ0) is 13.2. The summed E-state index contributed by atoms with van der Waals surface area (Å²) in [5, 5.41) is 10.7. The van der Waals surface area contributed by atoms with Gasteiger partial charge in [-0.1, -0.05) is 26.7 Å². The molecule has 1 unspecified atom stereocenters. The monoisotopic (exact) mass is 254 g/mol. The Morgan fingerprint density at radius 3 is 2.28 bits per heavy atom. The molecule has 0 aromatic carbocycles. The van der Waals surface area contributed by atoms with Crippen LogP contribution in [0.2, 0.25) is 0 Å². The van der Waals surface area contributed by atoms with Gasteiger partial charge in [-0.25, -0.2) is 0 Å². The number of aliphatic hydroxyl groups is 1. The van der Waals surface area contributed by atoms with E-state index in [0.717, 1.165) is 25.9 Å². The highest BCUT2D eigenvalue weighted by atomic mass is 16.3. The first-order valence-electron chi connectivity index (χ1n) is 7.71. The van der Waals surface area contributed by atoms with E-state index in [0.29, 0.717) is 24.4 Å². The van der Waals surface area contributed by atoms with Crippen molar-refractivity contribution in [1.82, 2.24) is 4.90 Å². The van der Waals surface area contributed by atoms with Gasteiger partial charge in [0.2, 0.25) is 0 Å².